The molecule has 116 valence electrons. The van der Waals surface area contributed by atoms with Gasteiger partial charge in [0, 0.05) is 5.56 Å². The van der Waals surface area contributed by atoms with Gasteiger partial charge in [-0.1, -0.05) is 40.9 Å². The SMILES string of the molecule is Cc1ccc(C)c(C(=O)COc2c(Cl)c(C)nc(C)c2Cl)c1. The van der Waals surface area contributed by atoms with Gasteiger partial charge in [0.1, 0.15) is 10.0 Å². The van der Waals surface area contributed by atoms with Gasteiger partial charge in [0.05, 0.1) is 11.4 Å². The Balaban J connectivity index is 2.24. The molecule has 0 atom stereocenters. The summed E-state index contributed by atoms with van der Waals surface area (Å²) < 4.78 is 5.59. The summed E-state index contributed by atoms with van der Waals surface area (Å²) in [5.74, 6) is 0.201. The molecule has 0 aliphatic carbocycles. The Kier molecular flexibility index (Phi) is 5.09. The number of aromatic nitrogens is 1. The van der Waals surface area contributed by atoms with Gasteiger partial charge in [0.2, 0.25) is 0 Å². The van der Waals surface area contributed by atoms with Crippen LogP contribution in [0.15, 0.2) is 18.2 Å². The van der Waals surface area contributed by atoms with E-state index in [-0.39, 0.29) is 12.4 Å². The van der Waals surface area contributed by atoms with Crippen LogP contribution in [-0.2, 0) is 0 Å². The van der Waals surface area contributed by atoms with E-state index in [4.69, 9.17) is 27.9 Å². The van der Waals surface area contributed by atoms with Gasteiger partial charge in [-0.15, -0.1) is 0 Å². The smallest absolute Gasteiger partial charge is 0.200 e. The number of carbonyl (C=O) groups excluding carboxylic acids is 1. The number of aryl methyl sites for hydroxylation is 4. The van der Waals surface area contributed by atoms with Crippen molar-refractivity contribution in [2.45, 2.75) is 27.7 Å². The Morgan fingerprint density at radius 2 is 1.68 bits per heavy atom. The van der Waals surface area contributed by atoms with Crippen molar-refractivity contribution in [1.82, 2.24) is 4.98 Å². The molecule has 22 heavy (non-hydrogen) atoms. The van der Waals surface area contributed by atoms with E-state index in [2.05, 4.69) is 4.98 Å². The van der Waals surface area contributed by atoms with Gasteiger partial charge in [-0.05, 0) is 39.3 Å². The quantitative estimate of drug-likeness (QED) is 0.746. The van der Waals surface area contributed by atoms with E-state index in [1.165, 1.54) is 0 Å². The molecule has 0 aliphatic heterocycles. The zero-order valence-corrected chi connectivity index (χ0v) is 14.5. The molecule has 0 N–H and O–H groups in total. The molecule has 3 nitrogen and oxygen atoms in total. The van der Waals surface area contributed by atoms with Crippen LogP contribution in [0, 0.1) is 27.7 Å². The number of pyridine rings is 1. The maximum Gasteiger partial charge on any atom is 0.200 e. The van der Waals surface area contributed by atoms with Crippen molar-refractivity contribution in [3.8, 4) is 5.75 Å². The second-order valence-corrected chi connectivity index (χ2v) is 6.03. The molecule has 1 aromatic carbocycles. The first-order chi connectivity index (χ1) is 10.3. The minimum atomic E-state index is -0.118. The van der Waals surface area contributed by atoms with Gasteiger partial charge in [-0.25, -0.2) is 0 Å². The first-order valence-electron chi connectivity index (χ1n) is 6.86. The number of Topliss-reactive ketones (excluding diaryl/α,β-unsaturated/α-hetero) is 1. The highest BCUT2D eigenvalue weighted by atomic mass is 35.5. The maximum atomic E-state index is 12.4. The third-order valence-electron chi connectivity index (χ3n) is 3.41. The number of rotatable bonds is 4. The molecule has 0 amide bonds. The highest BCUT2D eigenvalue weighted by Gasteiger charge is 2.17. The first-order valence-corrected chi connectivity index (χ1v) is 7.62. The summed E-state index contributed by atoms with van der Waals surface area (Å²) in [6, 6.07) is 5.74. The van der Waals surface area contributed by atoms with Gasteiger partial charge < -0.3 is 4.74 Å². The lowest BCUT2D eigenvalue weighted by atomic mass is 10.0. The second kappa shape index (κ2) is 6.67. The molecule has 0 spiro atoms. The molecule has 0 unspecified atom stereocenters. The molecule has 0 saturated carbocycles. The monoisotopic (exact) mass is 337 g/mol. The van der Waals surface area contributed by atoms with E-state index < -0.39 is 0 Å². The minimum Gasteiger partial charge on any atom is -0.482 e. The van der Waals surface area contributed by atoms with Crippen LogP contribution in [0.2, 0.25) is 10.0 Å². The lowest BCUT2D eigenvalue weighted by Gasteiger charge is -2.13. The molecule has 5 heteroatoms. The van der Waals surface area contributed by atoms with E-state index in [1.807, 2.05) is 32.0 Å². The molecule has 2 aromatic rings. The number of halogens is 2. The number of nitrogens with zero attached hydrogens (tertiary/aromatic N) is 1. The van der Waals surface area contributed by atoms with Crippen molar-refractivity contribution < 1.29 is 9.53 Å². The summed E-state index contributed by atoms with van der Waals surface area (Å²) >= 11 is 12.3. The van der Waals surface area contributed by atoms with Crippen molar-refractivity contribution in [2.75, 3.05) is 6.61 Å². The van der Waals surface area contributed by atoms with Crippen LogP contribution in [-0.4, -0.2) is 17.4 Å². The highest BCUT2D eigenvalue weighted by molar-refractivity contribution is 6.37. The Hall–Kier alpha value is -1.58. The summed E-state index contributed by atoms with van der Waals surface area (Å²) in [7, 11) is 0. The van der Waals surface area contributed by atoms with Crippen molar-refractivity contribution >= 4 is 29.0 Å². The molecule has 2 rings (SSSR count). The van der Waals surface area contributed by atoms with Gasteiger partial charge >= 0.3 is 0 Å². The molecule has 0 saturated heterocycles. The van der Waals surface area contributed by atoms with Gasteiger partial charge in [-0.3, -0.25) is 9.78 Å². The largest absolute Gasteiger partial charge is 0.482 e. The summed E-state index contributed by atoms with van der Waals surface area (Å²) in [6.45, 7) is 7.26. The normalized spacial score (nSPS) is 10.6. The van der Waals surface area contributed by atoms with E-state index in [9.17, 15) is 4.79 Å². The van der Waals surface area contributed by atoms with Crippen molar-refractivity contribution in [3.05, 3.63) is 56.3 Å². The minimum absolute atomic E-state index is 0.111. The fourth-order valence-electron chi connectivity index (χ4n) is 2.15. The van der Waals surface area contributed by atoms with E-state index in [1.54, 1.807) is 13.8 Å². The van der Waals surface area contributed by atoms with Crippen molar-refractivity contribution in [1.29, 1.82) is 0 Å². The molecule has 1 aromatic heterocycles. The van der Waals surface area contributed by atoms with Crippen LogP contribution in [0.25, 0.3) is 0 Å². The van der Waals surface area contributed by atoms with Crippen LogP contribution in [0.1, 0.15) is 32.9 Å². The zero-order chi connectivity index (χ0) is 16.4. The van der Waals surface area contributed by atoms with Crippen LogP contribution >= 0.6 is 23.2 Å². The Morgan fingerprint density at radius 1 is 1.09 bits per heavy atom. The molecular weight excluding hydrogens is 321 g/mol. The van der Waals surface area contributed by atoms with Gasteiger partial charge in [0.25, 0.3) is 0 Å². The van der Waals surface area contributed by atoms with Crippen LogP contribution in [0.5, 0.6) is 5.75 Å². The summed E-state index contributed by atoms with van der Waals surface area (Å²) in [5, 5.41) is 0.675. The average Bonchev–Trinajstić information content (AvgIpc) is 2.47. The summed E-state index contributed by atoms with van der Waals surface area (Å²) in [5.41, 5.74) is 3.84. The standard InChI is InChI=1S/C17H17Cl2NO2/c1-9-5-6-10(2)13(7-9)14(21)8-22-17-15(18)11(3)20-12(4)16(17)19/h5-7H,8H2,1-4H3. The molecule has 0 fully saturated rings. The number of carbonyl (C=O) groups is 1. The lowest BCUT2D eigenvalue weighted by Crippen LogP contribution is -2.14. The zero-order valence-electron chi connectivity index (χ0n) is 13.0. The number of hydrogen-bond acceptors (Lipinski definition) is 3. The lowest BCUT2D eigenvalue weighted by molar-refractivity contribution is 0.0921. The second-order valence-electron chi connectivity index (χ2n) is 5.27. The first kappa shape index (κ1) is 16.8. The third kappa shape index (κ3) is 3.42. The highest BCUT2D eigenvalue weighted by Crippen LogP contribution is 2.36. The number of hydrogen-bond donors (Lipinski definition) is 0. The molecule has 1 heterocycles. The predicted molar refractivity (Wildman–Crippen MR) is 89.5 cm³/mol. The molecule has 0 radical (unpaired) electrons. The average molecular weight is 338 g/mol. The number of ether oxygens (including phenoxy) is 1. The predicted octanol–water partition coefficient (Wildman–Crippen LogP) is 4.88. The number of benzene rings is 1. The van der Waals surface area contributed by atoms with Crippen LogP contribution in [0.3, 0.4) is 0 Å². The van der Waals surface area contributed by atoms with Gasteiger partial charge in [0.15, 0.2) is 18.1 Å². The summed E-state index contributed by atoms with van der Waals surface area (Å²) in [4.78, 5) is 16.6. The number of ketones is 1. The maximum absolute atomic E-state index is 12.4. The Morgan fingerprint density at radius 3 is 2.27 bits per heavy atom. The Labute approximate surface area is 140 Å². The van der Waals surface area contributed by atoms with Crippen molar-refractivity contribution in [2.24, 2.45) is 0 Å². The van der Waals surface area contributed by atoms with Crippen LogP contribution < -0.4 is 4.74 Å². The third-order valence-corrected chi connectivity index (χ3v) is 4.30. The van der Waals surface area contributed by atoms with Gasteiger partial charge in [-0.2, -0.15) is 0 Å². The van der Waals surface area contributed by atoms with Crippen molar-refractivity contribution in [3.63, 3.8) is 0 Å². The molecule has 0 aliphatic rings. The van der Waals surface area contributed by atoms with E-state index in [0.29, 0.717) is 32.7 Å². The fourth-order valence-corrected chi connectivity index (χ4v) is 2.58. The molecular formula is C17H17Cl2NO2. The molecule has 0 bridgehead atoms. The Bertz CT molecular complexity index is 716. The fraction of sp³-hybridized carbons (Fsp3) is 0.294. The topological polar surface area (TPSA) is 39.2 Å². The van der Waals surface area contributed by atoms with E-state index >= 15 is 0 Å². The van der Waals surface area contributed by atoms with E-state index in [0.717, 1.165) is 11.1 Å². The van der Waals surface area contributed by atoms with Crippen LogP contribution in [0.4, 0.5) is 0 Å². The summed E-state index contributed by atoms with van der Waals surface area (Å²) in [6.07, 6.45) is 0.